The van der Waals surface area contributed by atoms with E-state index in [1.54, 1.807) is 7.11 Å². The lowest BCUT2D eigenvalue weighted by atomic mass is 9.92. The largest absolute Gasteiger partial charge is 0.383 e. The van der Waals surface area contributed by atoms with Crippen LogP contribution in [0.25, 0.3) is 0 Å². The summed E-state index contributed by atoms with van der Waals surface area (Å²) in [6.45, 7) is 6.53. The summed E-state index contributed by atoms with van der Waals surface area (Å²) in [5.74, 6) is 0.695. The van der Waals surface area contributed by atoms with Gasteiger partial charge in [-0.1, -0.05) is 0 Å². The molecule has 1 fully saturated rings. The van der Waals surface area contributed by atoms with Gasteiger partial charge in [-0.05, 0) is 25.7 Å². The van der Waals surface area contributed by atoms with Crippen LogP contribution in [0.4, 0.5) is 0 Å². The molecule has 2 heterocycles. The van der Waals surface area contributed by atoms with Gasteiger partial charge in [0.25, 0.3) is 0 Å². The van der Waals surface area contributed by atoms with Crippen LogP contribution in [0.1, 0.15) is 31.5 Å². The van der Waals surface area contributed by atoms with Crippen molar-refractivity contribution in [1.82, 2.24) is 14.9 Å². The Morgan fingerprint density at radius 2 is 2.32 bits per heavy atom. The average molecular weight is 267 g/mol. The van der Waals surface area contributed by atoms with Crippen LogP contribution in [0, 0.1) is 5.92 Å². The molecule has 0 aromatic carbocycles. The molecule has 1 N–H and O–H groups in total. The maximum Gasteiger partial charge on any atom is 0.0951 e. The van der Waals surface area contributed by atoms with Gasteiger partial charge in [0, 0.05) is 45.7 Å². The summed E-state index contributed by atoms with van der Waals surface area (Å²) in [6, 6.07) is 0.491. The first-order chi connectivity index (χ1) is 9.33. The number of hydrogen-bond acceptors (Lipinski definition) is 4. The number of hydrogen-bond donors (Lipinski definition) is 1. The number of methoxy groups -OCH3 is 1. The molecule has 1 aliphatic heterocycles. The van der Waals surface area contributed by atoms with E-state index in [1.807, 2.05) is 12.5 Å². The third-order valence-electron chi connectivity index (χ3n) is 3.92. The van der Waals surface area contributed by atoms with E-state index in [4.69, 9.17) is 9.47 Å². The van der Waals surface area contributed by atoms with E-state index in [2.05, 4.69) is 21.8 Å². The molecule has 0 amide bonds. The molecule has 1 atom stereocenters. The fourth-order valence-corrected chi connectivity index (χ4v) is 2.65. The van der Waals surface area contributed by atoms with Gasteiger partial charge < -0.3 is 19.4 Å². The van der Waals surface area contributed by atoms with Crippen molar-refractivity contribution in [2.75, 3.05) is 33.5 Å². The summed E-state index contributed by atoms with van der Waals surface area (Å²) < 4.78 is 12.8. The van der Waals surface area contributed by atoms with E-state index in [1.165, 1.54) is 5.69 Å². The van der Waals surface area contributed by atoms with Crippen LogP contribution in [0.15, 0.2) is 12.5 Å². The third-order valence-corrected chi connectivity index (χ3v) is 3.92. The molecule has 2 rings (SSSR count). The van der Waals surface area contributed by atoms with E-state index >= 15 is 0 Å². The van der Waals surface area contributed by atoms with Crippen LogP contribution in [0.2, 0.25) is 0 Å². The summed E-state index contributed by atoms with van der Waals surface area (Å²) >= 11 is 0. The van der Waals surface area contributed by atoms with Crippen LogP contribution in [-0.4, -0.2) is 43.0 Å². The SMILES string of the molecule is COCCNCc1cncn1C(C)C1CCOCC1. The molecule has 0 spiro atoms. The van der Waals surface area contributed by atoms with Crippen molar-refractivity contribution in [3.05, 3.63) is 18.2 Å². The first-order valence-electron chi connectivity index (χ1n) is 7.11. The highest BCUT2D eigenvalue weighted by Gasteiger charge is 2.22. The fraction of sp³-hybridized carbons (Fsp3) is 0.786. The van der Waals surface area contributed by atoms with Gasteiger partial charge in [-0.3, -0.25) is 0 Å². The van der Waals surface area contributed by atoms with Crippen molar-refractivity contribution in [2.45, 2.75) is 32.4 Å². The molecule has 0 saturated carbocycles. The van der Waals surface area contributed by atoms with Crippen LogP contribution >= 0.6 is 0 Å². The van der Waals surface area contributed by atoms with E-state index in [9.17, 15) is 0 Å². The van der Waals surface area contributed by atoms with Gasteiger partial charge in [0.2, 0.25) is 0 Å². The highest BCUT2D eigenvalue weighted by atomic mass is 16.5. The summed E-state index contributed by atoms with van der Waals surface area (Å²) in [5.41, 5.74) is 1.25. The molecule has 0 aliphatic carbocycles. The molecule has 19 heavy (non-hydrogen) atoms. The number of rotatable bonds is 7. The van der Waals surface area contributed by atoms with Gasteiger partial charge >= 0.3 is 0 Å². The maximum absolute atomic E-state index is 5.44. The lowest BCUT2D eigenvalue weighted by Crippen LogP contribution is -2.26. The predicted molar refractivity (Wildman–Crippen MR) is 74.1 cm³/mol. The van der Waals surface area contributed by atoms with E-state index in [0.29, 0.717) is 12.0 Å². The summed E-state index contributed by atoms with van der Waals surface area (Å²) in [7, 11) is 1.72. The maximum atomic E-state index is 5.44. The number of nitrogens with zero attached hydrogens (tertiary/aromatic N) is 2. The summed E-state index contributed by atoms with van der Waals surface area (Å²) in [5, 5.41) is 3.38. The van der Waals surface area contributed by atoms with Gasteiger partial charge in [-0.25, -0.2) is 4.98 Å². The van der Waals surface area contributed by atoms with Crippen molar-refractivity contribution in [2.24, 2.45) is 5.92 Å². The second-order valence-corrected chi connectivity index (χ2v) is 5.15. The Morgan fingerprint density at radius 1 is 1.53 bits per heavy atom. The molecule has 1 unspecified atom stereocenters. The van der Waals surface area contributed by atoms with E-state index in [-0.39, 0.29) is 0 Å². The summed E-state index contributed by atoms with van der Waals surface area (Å²) in [6.07, 6.45) is 6.20. The lowest BCUT2D eigenvalue weighted by molar-refractivity contribution is 0.0509. The van der Waals surface area contributed by atoms with Crippen LogP contribution < -0.4 is 5.32 Å². The predicted octanol–water partition coefficient (Wildman–Crippen LogP) is 1.61. The first kappa shape index (κ1) is 14.5. The van der Waals surface area contributed by atoms with Crippen molar-refractivity contribution >= 4 is 0 Å². The van der Waals surface area contributed by atoms with Gasteiger partial charge in [-0.2, -0.15) is 0 Å². The van der Waals surface area contributed by atoms with Gasteiger partial charge in [0.05, 0.1) is 18.6 Å². The molecule has 1 aliphatic rings. The molecular weight excluding hydrogens is 242 g/mol. The topological polar surface area (TPSA) is 48.3 Å². The molecule has 5 heteroatoms. The quantitative estimate of drug-likeness (QED) is 0.762. The Balaban J connectivity index is 1.90. The Hall–Kier alpha value is -0.910. The second kappa shape index (κ2) is 7.62. The van der Waals surface area contributed by atoms with E-state index in [0.717, 1.165) is 45.8 Å². The minimum Gasteiger partial charge on any atom is -0.383 e. The Kier molecular flexibility index (Phi) is 5.82. The normalized spacial score (nSPS) is 18.6. The average Bonchev–Trinajstić information content (AvgIpc) is 2.92. The van der Waals surface area contributed by atoms with E-state index < -0.39 is 0 Å². The zero-order valence-electron chi connectivity index (χ0n) is 12.0. The summed E-state index contributed by atoms with van der Waals surface area (Å²) in [4.78, 5) is 4.30. The molecule has 1 saturated heterocycles. The smallest absolute Gasteiger partial charge is 0.0951 e. The fourth-order valence-electron chi connectivity index (χ4n) is 2.65. The molecule has 5 nitrogen and oxygen atoms in total. The first-order valence-corrected chi connectivity index (χ1v) is 7.11. The highest BCUT2D eigenvalue weighted by Crippen LogP contribution is 2.28. The molecule has 108 valence electrons. The Morgan fingerprint density at radius 3 is 3.05 bits per heavy atom. The molecule has 0 bridgehead atoms. The van der Waals surface area contributed by atoms with Crippen LogP contribution in [0.5, 0.6) is 0 Å². The minimum absolute atomic E-state index is 0.491. The molecular formula is C14H25N3O2. The zero-order chi connectivity index (χ0) is 13.5. The van der Waals surface area contributed by atoms with Crippen LogP contribution in [0.3, 0.4) is 0 Å². The third kappa shape index (κ3) is 4.03. The number of nitrogens with one attached hydrogen (secondary N) is 1. The lowest BCUT2D eigenvalue weighted by Gasteiger charge is -2.29. The minimum atomic E-state index is 0.491. The molecule has 0 radical (unpaired) electrons. The van der Waals surface area contributed by atoms with Crippen molar-refractivity contribution in [1.29, 1.82) is 0 Å². The van der Waals surface area contributed by atoms with Gasteiger partial charge in [0.15, 0.2) is 0 Å². The number of imidazole rings is 1. The number of ether oxygens (including phenoxy) is 2. The molecule has 1 aromatic rings. The highest BCUT2D eigenvalue weighted by molar-refractivity contribution is 5.00. The van der Waals surface area contributed by atoms with Gasteiger partial charge in [-0.15, -0.1) is 0 Å². The number of aromatic nitrogens is 2. The Bertz CT molecular complexity index is 361. The van der Waals surface area contributed by atoms with Gasteiger partial charge in [0.1, 0.15) is 0 Å². The van der Waals surface area contributed by atoms with Crippen molar-refractivity contribution in [3.63, 3.8) is 0 Å². The monoisotopic (exact) mass is 267 g/mol. The Labute approximate surface area is 115 Å². The van der Waals surface area contributed by atoms with Crippen molar-refractivity contribution in [3.8, 4) is 0 Å². The van der Waals surface area contributed by atoms with Crippen LogP contribution in [-0.2, 0) is 16.0 Å². The standard InChI is InChI=1S/C14H25N3O2/c1-12(13-3-6-19-7-4-13)17-11-16-10-14(17)9-15-5-8-18-2/h10-13,15H,3-9H2,1-2H3. The van der Waals surface area contributed by atoms with Crippen molar-refractivity contribution < 1.29 is 9.47 Å². The molecule has 1 aromatic heterocycles. The second-order valence-electron chi connectivity index (χ2n) is 5.15. The zero-order valence-corrected chi connectivity index (χ0v) is 12.0.